The molecule has 1 unspecified atom stereocenters. The normalized spacial score (nSPS) is 15.7. The molecule has 170 valence electrons. The van der Waals surface area contributed by atoms with Gasteiger partial charge in [0.1, 0.15) is 23.4 Å². The van der Waals surface area contributed by atoms with Crippen molar-refractivity contribution in [3.63, 3.8) is 0 Å². The summed E-state index contributed by atoms with van der Waals surface area (Å²) in [6, 6.07) is 14.1. The molecule has 0 aliphatic carbocycles. The molecule has 1 aliphatic rings. The van der Waals surface area contributed by atoms with Gasteiger partial charge in [0.05, 0.1) is 31.5 Å². The van der Waals surface area contributed by atoms with Crippen LogP contribution in [0.25, 0.3) is 0 Å². The number of anilines is 1. The van der Waals surface area contributed by atoms with Gasteiger partial charge >= 0.3 is 0 Å². The molecule has 3 amide bonds. The van der Waals surface area contributed by atoms with Gasteiger partial charge < -0.3 is 14.1 Å². The zero-order valence-corrected chi connectivity index (χ0v) is 18.1. The van der Waals surface area contributed by atoms with Gasteiger partial charge in [-0.25, -0.2) is 9.29 Å². The fraction of sp³-hybridized carbons (Fsp3) is 0.240. The molecule has 2 heterocycles. The molecule has 1 atom stereocenters. The Morgan fingerprint density at radius 1 is 1.12 bits per heavy atom. The van der Waals surface area contributed by atoms with Gasteiger partial charge in [-0.05, 0) is 67.1 Å². The summed E-state index contributed by atoms with van der Waals surface area (Å²) >= 11 is 0. The third-order valence-electron chi connectivity index (χ3n) is 5.33. The van der Waals surface area contributed by atoms with Crippen LogP contribution in [0.15, 0.2) is 71.3 Å². The van der Waals surface area contributed by atoms with E-state index in [4.69, 9.17) is 9.15 Å². The number of furan rings is 1. The Morgan fingerprint density at radius 3 is 2.48 bits per heavy atom. The Morgan fingerprint density at radius 2 is 1.85 bits per heavy atom. The first-order valence-electron chi connectivity index (χ1n) is 10.7. The number of imide groups is 1. The molecule has 0 saturated carbocycles. The first kappa shape index (κ1) is 22.3. The van der Waals surface area contributed by atoms with Crippen molar-refractivity contribution in [2.24, 2.45) is 0 Å². The molecule has 3 aromatic rings. The maximum absolute atomic E-state index is 13.4. The van der Waals surface area contributed by atoms with E-state index in [1.54, 1.807) is 36.4 Å². The highest BCUT2D eigenvalue weighted by atomic mass is 19.1. The molecule has 33 heavy (non-hydrogen) atoms. The Hall–Kier alpha value is -3.94. The Balaban J connectivity index is 1.60. The number of ether oxygens (including phenoxy) is 1. The maximum Gasteiger partial charge on any atom is 0.257 e. The number of amides is 3. The summed E-state index contributed by atoms with van der Waals surface area (Å²) in [7, 11) is 0. The number of rotatable bonds is 8. The minimum Gasteiger partial charge on any atom is -0.494 e. The zero-order chi connectivity index (χ0) is 23.4. The van der Waals surface area contributed by atoms with Crippen LogP contribution < -0.4 is 9.64 Å². The van der Waals surface area contributed by atoms with Gasteiger partial charge in [0.25, 0.3) is 11.8 Å². The Labute approximate surface area is 190 Å². The molecule has 0 spiro atoms. The van der Waals surface area contributed by atoms with Gasteiger partial charge in [0.15, 0.2) is 0 Å². The van der Waals surface area contributed by atoms with Crippen molar-refractivity contribution in [2.75, 3.05) is 11.5 Å². The lowest BCUT2D eigenvalue weighted by molar-refractivity contribution is -0.122. The van der Waals surface area contributed by atoms with Gasteiger partial charge in [0.2, 0.25) is 5.91 Å². The van der Waals surface area contributed by atoms with E-state index in [1.165, 1.54) is 35.4 Å². The number of halogens is 1. The minimum atomic E-state index is -1.02. The zero-order valence-electron chi connectivity index (χ0n) is 18.1. The van der Waals surface area contributed by atoms with Crippen molar-refractivity contribution < 1.29 is 27.9 Å². The first-order valence-corrected chi connectivity index (χ1v) is 10.7. The van der Waals surface area contributed by atoms with Crippen molar-refractivity contribution in [1.29, 1.82) is 0 Å². The maximum atomic E-state index is 13.4. The molecular weight excluding hydrogens is 427 g/mol. The van der Waals surface area contributed by atoms with Crippen molar-refractivity contribution in [1.82, 2.24) is 4.90 Å². The molecule has 0 bridgehead atoms. The van der Waals surface area contributed by atoms with E-state index in [9.17, 15) is 18.8 Å². The van der Waals surface area contributed by atoms with Crippen LogP contribution in [0.5, 0.6) is 5.75 Å². The molecule has 1 fully saturated rings. The van der Waals surface area contributed by atoms with Gasteiger partial charge in [0, 0.05) is 5.56 Å². The summed E-state index contributed by atoms with van der Waals surface area (Å²) in [5, 5.41) is 0. The number of carbonyl (C=O) groups excluding carboxylic acids is 3. The van der Waals surface area contributed by atoms with Gasteiger partial charge in [-0.2, -0.15) is 0 Å². The molecule has 0 radical (unpaired) electrons. The molecule has 1 aromatic heterocycles. The van der Waals surface area contributed by atoms with E-state index in [-0.39, 0.29) is 18.5 Å². The molecule has 0 N–H and O–H groups in total. The van der Waals surface area contributed by atoms with Crippen molar-refractivity contribution >= 4 is 23.4 Å². The molecule has 7 nitrogen and oxygen atoms in total. The van der Waals surface area contributed by atoms with Gasteiger partial charge in [-0.15, -0.1) is 0 Å². The van der Waals surface area contributed by atoms with Crippen LogP contribution in [-0.4, -0.2) is 35.3 Å². The topological polar surface area (TPSA) is 80.1 Å². The lowest BCUT2D eigenvalue weighted by atomic mass is 10.1. The molecule has 1 aliphatic heterocycles. The number of hydrogen-bond acceptors (Lipinski definition) is 5. The van der Waals surface area contributed by atoms with E-state index >= 15 is 0 Å². The summed E-state index contributed by atoms with van der Waals surface area (Å²) in [5.41, 5.74) is 0.614. The number of hydrogen-bond donors (Lipinski definition) is 0. The van der Waals surface area contributed by atoms with Crippen LogP contribution in [-0.2, 0) is 16.1 Å². The lowest BCUT2D eigenvalue weighted by Crippen LogP contribution is -2.45. The van der Waals surface area contributed by atoms with Crippen molar-refractivity contribution in [2.45, 2.75) is 32.4 Å². The van der Waals surface area contributed by atoms with E-state index < -0.39 is 29.6 Å². The second-order valence-electron chi connectivity index (χ2n) is 7.65. The SMILES string of the molecule is CCCOc1ccc(N2C(=O)CC(N(Cc3ccco3)C(=O)c3ccc(F)cc3)C2=O)cc1. The first-order chi connectivity index (χ1) is 16.0. The summed E-state index contributed by atoms with van der Waals surface area (Å²) in [4.78, 5) is 41.8. The van der Waals surface area contributed by atoms with E-state index in [0.29, 0.717) is 23.8 Å². The summed E-state index contributed by atoms with van der Waals surface area (Å²) in [6.45, 7) is 2.55. The molecule has 4 rings (SSSR count). The van der Waals surface area contributed by atoms with Crippen molar-refractivity contribution in [3.8, 4) is 5.75 Å². The van der Waals surface area contributed by atoms with Crippen LogP contribution in [0.3, 0.4) is 0 Å². The van der Waals surface area contributed by atoms with Crippen LogP contribution in [0.1, 0.15) is 35.9 Å². The highest BCUT2D eigenvalue weighted by Gasteiger charge is 2.44. The Kier molecular flexibility index (Phi) is 6.53. The Bertz CT molecular complexity index is 1130. The fourth-order valence-corrected chi connectivity index (χ4v) is 3.69. The summed E-state index contributed by atoms with van der Waals surface area (Å²) < 4.78 is 24.3. The quantitative estimate of drug-likeness (QED) is 0.481. The predicted octanol–water partition coefficient (Wildman–Crippen LogP) is 4.18. The van der Waals surface area contributed by atoms with E-state index in [0.717, 1.165) is 11.3 Å². The minimum absolute atomic E-state index is 0.00939. The van der Waals surface area contributed by atoms with Crippen LogP contribution in [0.4, 0.5) is 10.1 Å². The van der Waals surface area contributed by atoms with E-state index in [2.05, 4.69) is 0 Å². The van der Waals surface area contributed by atoms with E-state index in [1.807, 2.05) is 6.92 Å². The molecule has 8 heteroatoms. The number of benzene rings is 2. The lowest BCUT2D eigenvalue weighted by Gasteiger charge is -2.27. The highest BCUT2D eigenvalue weighted by Crippen LogP contribution is 2.29. The molecule has 2 aromatic carbocycles. The predicted molar refractivity (Wildman–Crippen MR) is 118 cm³/mol. The van der Waals surface area contributed by atoms with Crippen LogP contribution in [0.2, 0.25) is 0 Å². The van der Waals surface area contributed by atoms with Crippen molar-refractivity contribution in [3.05, 3.63) is 84.1 Å². The highest BCUT2D eigenvalue weighted by molar-refractivity contribution is 6.23. The summed E-state index contributed by atoms with van der Waals surface area (Å²) in [6.07, 6.45) is 2.16. The average Bonchev–Trinajstić information content (AvgIpc) is 3.44. The monoisotopic (exact) mass is 450 g/mol. The standard InChI is InChI=1S/C25H23FN2O5/c1-2-13-32-20-11-9-19(10-12-20)28-23(29)15-22(25(28)31)27(16-21-4-3-14-33-21)24(30)17-5-7-18(26)8-6-17/h3-12,14,22H,2,13,15-16H2,1H3. The third kappa shape index (κ3) is 4.79. The van der Waals surface area contributed by atoms with Crippen LogP contribution in [0, 0.1) is 5.82 Å². The number of carbonyl (C=O) groups is 3. The third-order valence-corrected chi connectivity index (χ3v) is 5.33. The fourth-order valence-electron chi connectivity index (χ4n) is 3.69. The second kappa shape index (κ2) is 9.68. The molecular formula is C25H23FN2O5. The number of nitrogens with zero attached hydrogens (tertiary/aromatic N) is 2. The van der Waals surface area contributed by atoms with Gasteiger partial charge in [-0.1, -0.05) is 6.92 Å². The largest absolute Gasteiger partial charge is 0.494 e. The smallest absolute Gasteiger partial charge is 0.257 e. The van der Waals surface area contributed by atoms with Crippen LogP contribution >= 0.6 is 0 Å². The molecule has 1 saturated heterocycles. The average molecular weight is 450 g/mol. The van der Waals surface area contributed by atoms with Gasteiger partial charge in [-0.3, -0.25) is 14.4 Å². The second-order valence-corrected chi connectivity index (χ2v) is 7.65. The summed E-state index contributed by atoms with van der Waals surface area (Å²) in [5.74, 6) is -0.798.